The maximum absolute atomic E-state index is 12.7. The number of alkyl halides is 3. The molecule has 1 fully saturated rings. The molecule has 0 bridgehead atoms. The molecule has 0 aliphatic carbocycles. The van der Waals surface area contributed by atoms with Crippen molar-refractivity contribution in [2.45, 2.75) is 24.6 Å². The molecule has 1 aromatic carbocycles. The number of fused-ring (bicyclic) bond motifs is 1. The molecular formula is C21H18Cl2F3NO7S. The van der Waals surface area contributed by atoms with Crippen LogP contribution in [-0.2, 0) is 4.79 Å². The molecule has 4 rings (SSSR count). The van der Waals surface area contributed by atoms with E-state index in [9.17, 15) is 33.3 Å². The molecule has 2 atom stereocenters. The maximum Gasteiger partial charge on any atom is 0.490 e. The lowest BCUT2D eigenvalue weighted by molar-refractivity contribution is -0.192. The van der Waals surface area contributed by atoms with E-state index in [1.165, 1.54) is 6.07 Å². The van der Waals surface area contributed by atoms with Gasteiger partial charge in [-0.1, -0.05) is 23.2 Å². The molecule has 1 aliphatic rings. The summed E-state index contributed by atoms with van der Waals surface area (Å²) in [5.41, 5.74) is 0.334. The number of hydrogen-bond acceptors (Lipinski definition) is 8. The maximum atomic E-state index is 12.7. The van der Waals surface area contributed by atoms with E-state index in [1.54, 1.807) is 6.07 Å². The second-order valence-corrected chi connectivity index (χ2v) is 10.1. The topological polar surface area (TPSA) is 131 Å². The summed E-state index contributed by atoms with van der Waals surface area (Å²) in [5.74, 6) is -3.63. The van der Waals surface area contributed by atoms with Crippen molar-refractivity contribution in [1.82, 2.24) is 4.90 Å². The number of carboxylic acid groups (broad SMARTS) is 1. The van der Waals surface area contributed by atoms with Crippen LogP contribution in [0, 0.1) is 0 Å². The van der Waals surface area contributed by atoms with Crippen LogP contribution in [0.1, 0.15) is 17.9 Å². The Bertz CT molecular complexity index is 1320. The van der Waals surface area contributed by atoms with Crippen molar-refractivity contribution < 1.29 is 42.8 Å². The number of aliphatic hydroxyl groups excluding tert-OH is 1. The van der Waals surface area contributed by atoms with Crippen LogP contribution in [0.2, 0.25) is 8.67 Å². The number of nitrogens with zero attached hydrogens (tertiary/aromatic N) is 1. The van der Waals surface area contributed by atoms with Gasteiger partial charge in [-0.3, -0.25) is 4.79 Å². The van der Waals surface area contributed by atoms with Gasteiger partial charge in [-0.25, -0.2) is 4.79 Å². The lowest BCUT2D eigenvalue weighted by Gasteiger charge is -2.34. The highest BCUT2D eigenvalue weighted by Gasteiger charge is 2.38. The molecule has 1 aliphatic heterocycles. The van der Waals surface area contributed by atoms with Crippen LogP contribution in [0.3, 0.4) is 0 Å². The van der Waals surface area contributed by atoms with Crippen molar-refractivity contribution in [2.24, 2.45) is 0 Å². The number of carbonyl (C=O) groups is 1. The van der Waals surface area contributed by atoms with Crippen LogP contribution in [0.4, 0.5) is 13.2 Å². The van der Waals surface area contributed by atoms with Crippen molar-refractivity contribution in [3.63, 3.8) is 0 Å². The predicted octanol–water partition coefficient (Wildman–Crippen LogP) is 4.65. The van der Waals surface area contributed by atoms with Crippen LogP contribution < -0.4 is 5.43 Å². The minimum Gasteiger partial charge on any atom is -0.507 e. The van der Waals surface area contributed by atoms with E-state index in [4.69, 9.17) is 37.5 Å². The molecule has 4 N–H and O–H groups in total. The Balaban J connectivity index is 0.000000429. The molecule has 8 nitrogen and oxygen atoms in total. The van der Waals surface area contributed by atoms with Gasteiger partial charge < -0.3 is 29.7 Å². The van der Waals surface area contributed by atoms with E-state index in [0.29, 0.717) is 39.3 Å². The summed E-state index contributed by atoms with van der Waals surface area (Å²) in [7, 11) is 1.90. The lowest BCUT2D eigenvalue weighted by Crippen LogP contribution is -2.40. The van der Waals surface area contributed by atoms with Crippen LogP contribution >= 0.6 is 34.5 Å². The third-order valence-electron chi connectivity index (χ3n) is 5.32. The fourth-order valence-corrected chi connectivity index (χ4v) is 5.22. The largest absolute Gasteiger partial charge is 0.507 e. The zero-order valence-electron chi connectivity index (χ0n) is 17.8. The molecule has 14 heteroatoms. The molecule has 0 amide bonds. The number of rotatable bonds is 2. The summed E-state index contributed by atoms with van der Waals surface area (Å²) >= 11 is 13.3. The molecule has 3 aromatic rings. The summed E-state index contributed by atoms with van der Waals surface area (Å²) in [5, 5.41) is 38.5. The number of aliphatic carboxylic acids is 1. The normalized spacial score (nSPS) is 18.8. The number of phenolic OH excluding ortho intramolecular Hbond substituents is 2. The number of likely N-dealkylation sites (tertiary alicyclic amines) is 1. The second kappa shape index (κ2) is 10.2. The van der Waals surface area contributed by atoms with E-state index in [0.717, 1.165) is 17.4 Å². The van der Waals surface area contributed by atoms with Crippen molar-refractivity contribution in [3.05, 3.63) is 42.7 Å². The van der Waals surface area contributed by atoms with Crippen LogP contribution in [-0.4, -0.2) is 63.7 Å². The summed E-state index contributed by atoms with van der Waals surface area (Å²) in [6.07, 6.45) is -5.28. The second-order valence-electron chi connectivity index (χ2n) is 7.77. The molecular weight excluding hydrogens is 538 g/mol. The van der Waals surface area contributed by atoms with Gasteiger partial charge in [0.1, 0.15) is 32.6 Å². The van der Waals surface area contributed by atoms with E-state index in [2.05, 4.69) is 0 Å². The zero-order chi connectivity index (χ0) is 26.2. The minimum absolute atomic E-state index is 0.0415. The number of hydrogen-bond donors (Lipinski definition) is 4. The number of β-amino-alcohol motifs (C(OH)–C–C–N with tert-alkyl or cyclic N) is 1. The minimum atomic E-state index is -5.08. The zero-order valence-corrected chi connectivity index (χ0v) is 20.1. The number of likely N-dealkylation sites (N-methyl/N-ethyl adjacent to an activating group) is 1. The monoisotopic (exact) mass is 555 g/mol. The highest BCUT2D eigenvalue weighted by Crippen LogP contribution is 2.44. The van der Waals surface area contributed by atoms with Gasteiger partial charge >= 0.3 is 12.1 Å². The lowest BCUT2D eigenvalue weighted by atomic mass is 9.85. The van der Waals surface area contributed by atoms with Crippen LogP contribution in [0.25, 0.3) is 22.3 Å². The van der Waals surface area contributed by atoms with Crippen molar-refractivity contribution >= 4 is 51.5 Å². The highest BCUT2D eigenvalue weighted by molar-refractivity contribution is 7.20. The van der Waals surface area contributed by atoms with Gasteiger partial charge in [0.05, 0.1) is 10.4 Å². The third kappa shape index (κ3) is 5.84. The van der Waals surface area contributed by atoms with Gasteiger partial charge in [-0.2, -0.15) is 13.2 Å². The molecule has 190 valence electrons. The third-order valence-corrected chi connectivity index (χ3v) is 6.81. The first-order chi connectivity index (χ1) is 16.2. The summed E-state index contributed by atoms with van der Waals surface area (Å²) in [6.45, 7) is 1.13. The summed E-state index contributed by atoms with van der Waals surface area (Å²) < 4.78 is 38.5. The highest BCUT2D eigenvalue weighted by atomic mass is 35.5. The molecule has 2 aromatic heterocycles. The van der Waals surface area contributed by atoms with E-state index >= 15 is 0 Å². The molecule has 0 radical (unpaired) electrons. The molecule has 0 saturated carbocycles. The average Bonchev–Trinajstić information content (AvgIpc) is 3.06. The SMILES string of the molecule is CN1CC[C@H](c2c(O)cc(O)c3c(=O)cc(-c4cc(Cl)sc4Cl)oc23)[C@H](O)C1.O=C(O)C(F)(F)F. The van der Waals surface area contributed by atoms with Gasteiger partial charge in [0.25, 0.3) is 0 Å². The fourth-order valence-electron chi connectivity index (χ4n) is 3.75. The van der Waals surface area contributed by atoms with Crippen LogP contribution in [0.15, 0.2) is 27.4 Å². The van der Waals surface area contributed by atoms with E-state index in [1.807, 2.05) is 11.9 Å². The molecule has 0 spiro atoms. The van der Waals surface area contributed by atoms with Gasteiger partial charge in [0.15, 0.2) is 5.43 Å². The Morgan fingerprint density at radius 2 is 1.83 bits per heavy atom. The summed E-state index contributed by atoms with van der Waals surface area (Å²) in [4.78, 5) is 23.6. The number of aromatic hydroxyl groups is 2. The standard InChI is InChI=1S/C19H17Cl2NO5S.C2HF3O2/c1-22-3-2-8(13(26)7-22)16-10(23)5-11(24)17-12(25)6-14(27-18(16)17)9-4-15(20)28-19(9)21;3-2(4,5)1(6)7/h4-6,8,13,23-24,26H,2-3,7H2,1H3;(H,6,7)/t8-,13+;/m0./s1. The summed E-state index contributed by atoms with van der Waals surface area (Å²) in [6, 6.07) is 3.94. The number of carboxylic acids is 1. The van der Waals surface area contributed by atoms with Gasteiger partial charge in [-0.05, 0) is 26.1 Å². The predicted molar refractivity (Wildman–Crippen MR) is 124 cm³/mol. The Morgan fingerprint density at radius 1 is 1.20 bits per heavy atom. The van der Waals surface area contributed by atoms with E-state index in [-0.39, 0.29) is 28.2 Å². The van der Waals surface area contributed by atoms with Crippen molar-refractivity contribution in [2.75, 3.05) is 20.1 Å². The Kier molecular flexibility index (Phi) is 7.92. The fraction of sp³-hybridized carbons (Fsp3) is 0.333. The first-order valence-electron chi connectivity index (χ1n) is 9.85. The number of halogens is 5. The molecule has 0 unspecified atom stereocenters. The number of thiophene rings is 1. The van der Waals surface area contributed by atoms with Gasteiger partial charge in [-0.15, -0.1) is 11.3 Å². The van der Waals surface area contributed by atoms with Crippen LogP contribution in [0.5, 0.6) is 11.5 Å². The Morgan fingerprint density at radius 3 is 2.34 bits per heavy atom. The smallest absolute Gasteiger partial charge is 0.490 e. The average molecular weight is 556 g/mol. The van der Waals surface area contributed by atoms with Gasteiger partial charge in [0, 0.05) is 35.7 Å². The van der Waals surface area contributed by atoms with E-state index < -0.39 is 29.6 Å². The molecule has 3 heterocycles. The Labute approximate surface area is 209 Å². The number of aliphatic hydroxyl groups is 1. The van der Waals surface area contributed by atoms with Crippen molar-refractivity contribution in [1.29, 1.82) is 0 Å². The molecule has 1 saturated heterocycles. The number of phenols is 2. The van der Waals surface area contributed by atoms with Crippen molar-refractivity contribution in [3.8, 4) is 22.8 Å². The molecule has 35 heavy (non-hydrogen) atoms. The van der Waals surface area contributed by atoms with Gasteiger partial charge in [0.2, 0.25) is 0 Å². The quantitative estimate of drug-likeness (QED) is 0.359. The first-order valence-corrected chi connectivity index (χ1v) is 11.4. The first kappa shape index (κ1) is 27.1. The number of piperidine rings is 1. The number of benzene rings is 1. The Hall–Kier alpha value is -2.51.